The Morgan fingerprint density at radius 3 is 2.42 bits per heavy atom. The summed E-state index contributed by atoms with van der Waals surface area (Å²) in [5, 5.41) is 2.90. The maximum atomic E-state index is 13.5. The van der Waals surface area contributed by atoms with E-state index in [0.29, 0.717) is 13.1 Å². The molecule has 1 N–H and O–H groups in total. The summed E-state index contributed by atoms with van der Waals surface area (Å²) in [4.78, 5) is 28.3. The highest BCUT2D eigenvalue weighted by Crippen LogP contribution is 2.36. The summed E-state index contributed by atoms with van der Waals surface area (Å²) in [6, 6.07) is 18.0. The van der Waals surface area contributed by atoms with E-state index in [0.717, 1.165) is 29.5 Å². The molecule has 6 nitrogen and oxygen atoms in total. The lowest BCUT2D eigenvalue weighted by molar-refractivity contribution is -0.163. The molecular weight excluding hydrogens is 392 g/mol. The van der Waals surface area contributed by atoms with E-state index in [1.807, 2.05) is 66.4 Å². The molecule has 2 aliphatic rings. The van der Waals surface area contributed by atoms with Crippen molar-refractivity contribution in [1.29, 1.82) is 0 Å². The fourth-order valence-electron chi connectivity index (χ4n) is 4.35. The molecule has 2 fully saturated rings. The Balaban J connectivity index is 1.48. The lowest BCUT2D eigenvalue weighted by atomic mass is 10.0. The molecule has 31 heavy (non-hydrogen) atoms. The zero-order chi connectivity index (χ0) is 22.0. The molecule has 3 atom stereocenters. The van der Waals surface area contributed by atoms with Gasteiger partial charge in [-0.15, -0.1) is 0 Å². The van der Waals surface area contributed by atoms with E-state index >= 15 is 0 Å². The topological polar surface area (TPSA) is 67.9 Å². The molecule has 2 heterocycles. The monoisotopic (exact) mass is 422 g/mol. The van der Waals surface area contributed by atoms with Crippen LogP contribution in [0, 0.1) is 6.92 Å². The molecule has 2 aliphatic heterocycles. The van der Waals surface area contributed by atoms with Gasteiger partial charge in [-0.2, -0.15) is 0 Å². The third-order valence-electron chi connectivity index (χ3n) is 5.91. The number of rotatable bonds is 5. The Labute approximate surface area is 183 Å². The molecule has 4 rings (SSSR count). The molecule has 0 aliphatic carbocycles. The van der Waals surface area contributed by atoms with Gasteiger partial charge in [0.15, 0.2) is 18.0 Å². The molecule has 2 aromatic carbocycles. The van der Waals surface area contributed by atoms with Crippen LogP contribution in [0.4, 0.5) is 0 Å². The van der Waals surface area contributed by atoms with E-state index in [9.17, 15) is 9.59 Å². The van der Waals surface area contributed by atoms with Crippen molar-refractivity contribution >= 4 is 11.8 Å². The van der Waals surface area contributed by atoms with Crippen LogP contribution in [0.25, 0.3) is 0 Å². The Hall–Kier alpha value is -2.70. The molecule has 6 heteroatoms. The number of likely N-dealkylation sites (tertiary alicyclic amines) is 1. The normalized spacial score (nSPS) is 24.9. The zero-order valence-electron chi connectivity index (χ0n) is 18.3. The van der Waals surface area contributed by atoms with Crippen LogP contribution < -0.4 is 5.32 Å². The predicted molar refractivity (Wildman–Crippen MR) is 117 cm³/mol. The van der Waals surface area contributed by atoms with Gasteiger partial charge in [-0.25, -0.2) is 0 Å². The van der Waals surface area contributed by atoms with Crippen LogP contribution in [-0.2, 0) is 25.6 Å². The van der Waals surface area contributed by atoms with Gasteiger partial charge < -0.3 is 19.7 Å². The lowest BCUT2D eigenvalue weighted by Gasteiger charge is -2.28. The zero-order valence-corrected chi connectivity index (χ0v) is 18.3. The Morgan fingerprint density at radius 2 is 1.71 bits per heavy atom. The summed E-state index contributed by atoms with van der Waals surface area (Å²) >= 11 is 0. The van der Waals surface area contributed by atoms with Crippen LogP contribution in [0.1, 0.15) is 49.4 Å². The van der Waals surface area contributed by atoms with Gasteiger partial charge in [0.05, 0.1) is 6.04 Å². The molecule has 0 bridgehead atoms. The predicted octanol–water partition coefficient (Wildman–Crippen LogP) is 3.50. The van der Waals surface area contributed by atoms with Gasteiger partial charge in [0.1, 0.15) is 0 Å². The van der Waals surface area contributed by atoms with Gasteiger partial charge in [0.2, 0.25) is 0 Å². The molecule has 2 amide bonds. The molecule has 2 aromatic rings. The molecule has 0 aromatic heterocycles. The third kappa shape index (κ3) is 4.81. The Kier molecular flexibility index (Phi) is 6.12. The van der Waals surface area contributed by atoms with Gasteiger partial charge in [0, 0.05) is 13.1 Å². The van der Waals surface area contributed by atoms with E-state index in [2.05, 4.69) is 5.32 Å². The highest BCUT2D eigenvalue weighted by Gasteiger charge is 2.51. The third-order valence-corrected chi connectivity index (χ3v) is 5.91. The number of nitrogens with one attached hydrogen (secondary N) is 1. The Morgan fingerprint density at radius 1 is 1.03 bits per heavy atom. The minimum Gasteiger partial charge on any atom is -0.350 e. The standard InChI is InChI=1S/C25H30N2O4/c1-17-11-13-18(14-12-17)16-26-23(28)21-22(31-25(2,3)30-21)24(29)27-15-7-10-20(27)19-8-5-4-6-9-19/h4-6,8-9,11-14,20-22H,7,10,15-16H2,1-3H3,(H,26,28)/t20?,21-,22-/m1/s1. The number of aryl methyl sites for hydroxylation is 1. The van der Waals surface area contributed by atoms with E-state index in [1.54, 1.807) is 13.8 Å². The molecule has 164 valence electrons. The summed E-state index contributed by atoms with van der Waals surface area (Å²) in [6.07, 6.45) is -0.119. The van der Waals surface area contributed by atoms with E-state index in [4.69, 9.17) is 9.47 Å². The van der Waals surface area contributed by atoms with Crippen LogP contribution >= 0.6 is 0 Å². The van der Waals surface area contributed by atoms with Gasteiger partial charge in [-0.3, -0.25) is 9.59 Å². The second kappa shape index (κ2) is 8.81. The van der Waals surface area contributed by atoms with Crippen molar-refractivity contribution in [2.75, 3.05) is 6.54 Å². The minimum absolute atomic E-state index is 0.00252. The smallest absolute Gasteiger partial charge is 0.255 e. The first-order chi connectivity index (χ1) is 14.8. The average molecular weight is 423 g/mol. The molecule has 0 spiro atoms. The first-order valence-electron chi connectivity index (χ1n) is 10.9. The van der Waals surface area contributed by atoms with Gasteiger partial charge in [-0.05, 0) is 44.7 Å². The molecule has 0 saturated carbocycles. The number of ether oxygens (including phenoxy) is 2. The molecule has 1 unspecified atom stereocenters. The second-order valence-corrected chi connectivity index (χ2v) is 8.78. The second-order valence-electron chi connectivity index (χ2n) is 8.78. The largest absolute Gasteiger partial charge is 0.350 e. The van der Waals surface area contributed by atoms with Gasteiger partial charge in [-0.1, -0.05) is 60.2 Å². The van der Waals surface area contributed by atoms with Crippen LogP contribution in [0.15, 0.2) is 54.6 Å². The van der Waals surface area contributed by atoms with E-state index in [-0.39, 0.29) is 17.9 Å². The SMILES string of the molecule is Cc1ccc(CNC(=O)[C@@H]2OC(C)(C)O[C@H]2C(=O)N2CCCC2c2ccccc2)cc1. The molecule has 0 radical (unpaired) electrons. The number of nitrogens with zero attached hydrogens (tertiary/aromatic N) is 1. The summed E-state index contributed by atoms with van der Waals surface area (Å²) in [5.41, 5.74) is 3.25. The van der Waals surface area contributed by atoms with Crippen LogP contribution in [0.3, 0.4) is 0 Å². The van der Waals surface area contributed by atoms with Crippen molar-refractivity contribution in [2.45, 2.75) is 64.2 Å². The first kappa shape index (κ1) is 21.5. The summed E-state index contributed by atoms with van der Waals surface area (Å²) in [5.74, 6) is -1.53. The quantitative estimate of drug-likeness (QED) is 0.801. The van der Waals surface area contributed by atoms with Crippen molar-refractivity contribution in [3.8, 4) is 0 Å². The number of amides is 2. The highest BCUT2D eigenvalue weighted by molar-refractivity contribution is 5.92. The van der Waals surface area contributed by atoms with Crippen molar-refractivity contribution in [3.05, 3.63) is 71.3 Å². The first-order valence-corrected chi connectivity index (χ1v) is 10.9. The van der Waals surface area contributed by atoms with Gasteiger partial charge in [0.25, 0.3) is 11.8 Å². The highest BCUT2D eigenvalue weighted by atomic mass is 16.8. The van der Waals surface area contributed by atoms with Gasteiger partial charge >= 0.3 is 0 Å². The fraction of sp³-hybridized carbons (Fsp3) is 0.440. The fourth-order valence-corrected chi connectivity index (χ4v) is 4.35. The van der Waals surface area contributed by atoms with Crippen molar-refractivity contribution < 1.29 is 19.1 Å². The van der Waals surface area contributed by atoms with Crippen molar-refractivity contribution in [1.82, 2.24) is 10.2 Å². The Bertz CT molecular complexity index is 926. The number of benzene rings is 2. The number of hydrogen-bond donors (Lipinski definition) is 1. The summed E-state index contributed by atoms with van der Waals surface area (Å²) in [6.45, 7) is 6.51. The number of hydrogen-bond acceptors (Lipinski definition) is 4. The average Bonchev–Trinajstić information content (AvgIpc) is 3.37. The van der Waals surface area contributed by atoms with Crippen molar-refractivity contribution in [2.24, 2.45) is 0 Å². The minimum atomic E-state index is -1.01. The van der Waals surface area contributed by atoms with Crippen LogP contribution in [-0.4, -0.2) is 41.3 Å². The maximum absolute atomic E-state index is 13.5. The van der Waals surface area contributed by atoms with E-state index in [1.165, 1.54) is 0 Å². The maximum Gasteiger partial charge on any atom is 0.255 e. The molecular formula is C25H30N2O4. The number of carbonyl (C=O) groups is 2. The summed E-state index contributed by atoms with van der Waals surface area (Å²) in [7, 11) is 0. The van der Waals surface area contributed by atoms with Crippen LogP contribution in [0.5, 0.6) is 0 Å². The number of carbonyl (C=O) groups excluding carboxylic acids is 2. The lowest BCUT2D eigenvalue weighted by Crippen LogP contribution is -2.49. The molecule has 2 saturated heterocycles. The summed E-state index contributed by atoms with van der Waals surface area (Å²) < 4.78 is 11.8. The van der Waals surface area contributed by atoms with E-state index < -0.39 is 18.0 Å². The van der Waals surface area contributed by atoms with Crippen LogP contribution in [0.2, 0.25) is 0 Å². The van der Waals surface area contributed by atoms with Crippen molar-refractivity contribution in [3.63, 3.8) is 0 Å².